The Kier molecular flexibility index (Phi) is 3.96. The first-order valence-electron chi connectivity index (χ1n) is 5.22. The van der Waals surface area contributed by atoms with Crippen LogP contribution in [-0.2, 0) is 5.33 Å². The van der Waals surface area contributed by atoms with E-state index < -0.39 is 6.43 Å². The number of benzene rings is 1. The average molecular weight is 317 g/mol. The van der Waals surface area contributed by atoms with E-state index >= 15 is 0 Å². The molecule has 6 heteroatoms. The van der Waals surface area contributed by atoms with Gasteiger partial charge in [-0.3, -0.25) is 0 Å². The molecule has 96 valence electrons. The van der Waals surface area contributed by atoms with Crippen LogP contribution in [0, 0.1) is 0 Å². The summed E-state index contributed by atoms with van der Waals surface area (Å²) in [5, 5.41) is 4.35. The predicted molar refractivity (Wildman–Crippen MR) is 67.7 cm³/mol. The van der Waals surface area contributed by atoms with Crippen LogP contribution in [0.5, 0.6) is 5.75 Å². The Morgan fingerprint density at radius 2 is 2.22 bits per heavy atom. The minimum absolute atomic E-state index is 0.0971. The van der Waals surface area contributed by atoms with Crippen molar-refractivity contribution in [2.75, 3.05) is 7.11 Å². The van der Waals surface area contributed by atoms with Crippen LogP contribution in [0.2, 0.25) is 0 Å². The Morgan fingerprint density at radius 1 is 1.44 bits per heavy atom. The van der Waals surface area contributed by atoms with Crippen LogP contribution < -0.4 is 4.74 Å². The molecule has 0 bridgehead atoms. The van der Waals surface area contributed by atoms with Crippen molar-refractivity contribution in [1.82, 2.24) is 9.78 Å². The number of aromatic nitrogens is 2. The largest absolute Gasteiger partial charge is 0.497 e. The number of nitrogens with zero attached hydrogens (tertiary/aromatic N) is 2. The molecule has 0 aliphatic carbocycles. The molecular formula is C12H11BrF2N2O. The first kappa shape index (κ1) is 13.0. The van der Waals surface area contributed by atoms with Gasteiger partial charge in [0.1, 0.15) is 11.4 Å². The zero-order valence-corrected chi connectivity index (χ0v) is 11.2. The first-order chi connectivity index (χ1) is 8.67. The van der Waals surface area contributed by atoms with E-state index in [9.17, 15) is 8.78 Å². The Hall–Kier alpha value is -1.43. The minimum atomic E-state index is -2.58. The fraction of sp³-hybridized carbons (Fsp3) is 0.250. The summed E-state index contributed by atoms with van der Waals surface area (Å²) in [5.41, 5.74) is 0.935. The maximum Gasteiger partial charge on any atom is 0.280 e. The number of hydrogen-bond donors (Lipinski definition) is 0. The van der Waals surface area contributed by atoms with Crippen molar-refractivity contribution in [2.24, 2.45) is 0 Å². The molecule has 0 fully saturated rings. The maximum absolute atomic E-state index is 13.1. The van der Waals surface area contributed by atoms with Crippen molar-refractivity contribution in [2.45, 2.75) is 11.8 Å². The minimum Gasteiger partial charge on any atom is -0.497 e. The average Bonchev–Trinajstić information content (AvgIpc) is 2.82. The Morgan fingerprint density at radius 3 is 2.83 bits per heavy atom. The number of hydrogen-bond acceptors (Lipinski definition) is 2. The molecule has 2 rings (SSSR count). The molecule has 1 aromatic carbocycles. The predicted octanol–water partition coefficient (Wildman–Crippen LogP) is 3.71. The van der Waals surface area contributed by atoms with Gasteiger partial charge in [0.25, 0.3) is 6.43 Å². The lowest BCUT2D eigenvalue weighted by Crippen LogP contribution is -2.04. The van der Waals surface area contributed by atoms with Gasteiger partial charge < -0.3 is 4.74 Å². The molecule has 0 saturated carbocycles. The van der Waals surface area contributed by atoms with Crippen LogP contribution in [-0.4, -0.2) is 16.9 Å². The molecule has 1 aromatic heterocycles. The standard InChI is InChI=1S/C12H11BrF2N2O/c1-18-10-4-2-3-9(5-10)17-11(12(14)15)8(6-13)7-16-17/h2-5,7,12H,6H2,1H3. The molecule has 0 N–H and O–H groups in total. The van der Waals surface area contributed by atoms with E-state index in [1.54, 1.807) is 24.3 Å². The molecule has 3 nitrogen and oxygen atoms in total. The molecule has 0 unspecified atom stereocenters. The third-order valence-electron chi connectivity index (χ3n) is 2.53. The monoisotopic (exact) mass is 316 g/mol. The van der Waals surface area contributed by atoms with Crippen molar-refractivity contribution in [3.8, 4) is 11.4 Å². The van der Waals surface area contributed by atoms with Crippen molar-refractivity contribution in [3.63, 3.8) is 0 Å². The number of ether oxygens (including phenoxy) is 1. The van der Waals surface area contributed by atoms with Gasteiger partial charge in [0.2, 0.25) is 0 Å². The second kappa shape index (κ2) is 5.48. The maximum atomic E-state index is 13.1. The van der Waals surface area contributed by atoms with Crippen LogP contribution in [0.15, 0.2) is 30.5 Å². The molecule has 2 aromatic rings. The van der Waals surface area contributed by atoms with Crippen LogP contribution in [0.25, 0.3) is 5.69 Å². The number of alkyl halides is 3. The van der Waals surface area contributed by atoms with Gasteiger partial charge in [0, 0.05) is 17.0 Å². The third kappa shape index (κ3) is 2.38. The fourth-order valence-electron chi connectivity index (χ4n) is 1.68. The summed E-state index contributed by atoms with van der Waals surface area (Å²) in [7, 11) is 1.53. The highest BCUT2D eigenvalue weighted by atomic mass is 79.9. The Bertz CT molecular complexity index is 543. The van der Waals surface area contributed by atoms with Gasteiger partial charge in [0.15, 0.2) is 0 Å². The smallest absolute Gasteiger partial charge is 0.280 e. The SMILES string of the molecule is COc1cccc(-n2ncc(CBr)c2C(F)F)c1. The molecule has 0 atom stereocenters. The third-order valence-corrected chi connectivity index (χ3v) is 3.14. The van der Waals surface area contributed by atoms with Gasteiger partial charge in [-0.25, -0.2) is 13.5 Å². The molecule has 0 aliphatic rings. The van der Waals surface area contributed by atoms with E-state index in [2.05, 4.69) is 21.0 Å². The molecule has 18 heavy (non-hydrogen) atoms. The van der Waals surface area contributed by atoms with E-state index in [0.29, 0.717) is 22.3 Å². The Balaban J connectivity index is 2.52. The molecule has 0 spiro atoms. The summed E-state index contributed by atoms with van der Waals surface area (Å²) in [6, 6.07) is 6.86. The van der Waals surface area contributed by atoms with Crippen LogP contribution in [0.3, 0.4) is 0 Å². The van der Waals surface area contributed by atoms with Crippen molar-refractivity contribution >= 4 is 15.9 Å². The number of halogens is 3. The normalized spacial score (nSPS) is 10.9. The molecule has 1 heterocycles. The summed E-state index contributed by atoms with van der Waals surface area (Å²) in [5.74, 6) is 0.601. The lowest BCUT2D eigenvalue weighted by atomic mass is 10.2. The molecule has 0 aliphatic heterocycles. The van der Waals surface area contributed by atoms with Gasteiger partial charge in [0.05, 0.1) is 19.0 Å². The lowest BCUT2D eigenvalue weighted by Gasteiger charge is -2.09. The highest BCUT2D eigenvalue weighted by molar-refractivity contribution is 9.08. The summed E-state index contributed by atoms with van der Waals surface area (Å²) in [6.07, 6.45) is -1.14. The summed E-state index contributed by atoms with van der Waals surface area (Å²) < 4.78 is 32.4. The first-order valence-corrected chi connectivity index (χ1v) is 6.35. The van der Waals surface area contributed by atoms with Crippen molar-refractivity contribution in [1.29, 1.82) is 0 Å². The van der Waals surface area contributed by atoms with Crippen LogP contribution >= 0.6 is 15.9 Å². The lowest BCUT2D eigenvalue weighted by molar-refractivity contribution is 0.142. The second-order valence-electron chi connectivity index (χ2n) is 3.60. The second-order valence-corrected chi connectivity index (χ2v) is 4.16. The zero-order valence-electron chi connectivity index (χ0n) is 9.61. The number of methoxy groups -OCH3 is 1. The molecule has 0 radical (unpaired) electrons. The van der Waals surface area contributed by atoms with Crippen LogP contribution in [0.4, 0.5) is 8.78 Å². The highest BCUT2D eigenvalue weighted by Gasteiger charge is 2.20. The van der Waals surface area contributed by atoms with Gasteiger partial charge in [-0.2, -0.15) is 5.10 Å². The van der Waals surface area contributed by atoms with Gasteiger partial charge in [-0.05, 0) is 12.1 Å². The summed E-state index contributed by atoms with van der Waals surface area (Å²) in [6.45, 7) is 0. The van der Waals surface area contributed by atoms with E-state index in [0.717, 1.165) is 0 Å². The van der Waals surface area contributed by atoms with E-state index in [1.807, 2.05) is 0 Å². The van der Waals surface area contributed by atoms with Crippen molar-refractivity contribution < 1.29 is 13.5 Å². The highest BCUT2D eigenvalue weighted by Crippen LogP contribution is 2.28. The van der Waals surface area contributed by atoms with Gasteiger partial charge in [-0.1, -0.05) is 22.0 Å². The van der Waals surface area contributed by atoms with Crippen LogP contribution in [0.1, 0.15) is 17.7 Å². The van der Waals surface area contributed by atoms with Gasteiger partial charge >= 0.3 is 0 Å². The number of rotatable bonds is 4. The molecular weight excluding hydrogens is 306 g/mol. The zero-order chi connectivity index (χ0) is 13.1. The van der Waals surface area contributed by atoms with Gasteiger partial charge in [-0.15, -0.1) is 0 Å². The van der Waals surface area contributed by atoms with E-state index in [1.165, 1.54) is 18.0 Å². The summed E-state index contributed by atoms with van der Waals surface area (Å²) in [4.78, 5) is 0. The topological polar surface area (TPSA) is 27.1 Å². The quantitative estimate of drug-likeness (QED) is 0.804. The summed E-state index contributed by atoms with van der Waals surface area (Å²) >= 11 is 3.18. The Labute approximate surface area is 112 Å². The molecule has 0 amide bonds. The van der Waals surface area contributed by atoms with E-state index in [4.69, 9.17) is 4.74 Å². The van der Waals surface area contributed by atoms with Crippen molar-refractivity contribution in [3.05, 3.63) is 41.7 Å². The molecule has 0 saturated heterocycles. The fourth-order valence-corrected chi connectivity index (χ4v) is 2.11. The van der Waals surface area contributed by atoms with E-state index in [-0.39, 0.29) is 5.69 Å².